The van der Waals surface area contributed by atoms with E-state index in [1.54, 1.807) is 0 Å². The second-order valence-electron chi connectivity index (χ2n) is 0. The van der Waals surface area contributed by atoms with Gasteiger partial charge in [0.25, 0.3) is 0 Å². The zero-order valence-electron chi connectivity index (χ0n) is 2.26. The first-order valence-corrected chi connectivity index (χ1v) is 0. The SMILES string of the molecule is [Ag].[Bi].[Cu].[Pb].[Zn]. The third-order valence-corrected chi connectivity index (χ3v) is 0. The van der Waals surface area contributed by atoms with Gasteiger partial charge in [0, 0.05) is 112 Å². The first kappa shape index (κ1) is 37.8. The van der Waals surface area contributed by atoms with E-state index in [0.29, 0.717) is 0 Å². The fraction of sp³-hybridized carbons (Fsp3) is 0. The van der Waals surface area contributed by atoms with Crippen LogP contribution in [-0.4, -0.2) is 53.5 Å². The van der Waals surface area contributed by atoms with Crippen LogP contribution >= 0.6 is 0 Å². The van der Waals surface area contributed by atoms with Crippen molar-refractivity contribution in [1.82, 2.24) is 0 Å². The molecule has 33 valence electrons. The third-order valence-electron chi connectivity index (χ3n) is 0. The largest absolute Gasteiger partial charge is 0 e. The van der Waals surface area contributed by atoms with E-state index < -0.39 is 0 Å². The summed E-state index contributed by atoms with van der Waals surface area (Å²) in [6.07, 6.45) is 0. The minimum absolute atomic E-state index is 0. The molecule has 0 spiro atoms. The topological polar surface area (TPSA) is 0 Å². The fourth-order valence-electron chi connectivity index (χ4n) is 0. The molecule has 0 aliphatic heterocycles. The number of hydrogen-bond donors (Lipinski definition) is 0. The van der Waals surface area contributed by atoms with E-state index in [0.717, 1.165) is 0 Å². The van der Waals surface area contributed by atoms with Crippen LogP contribution in [0, 0.1) is 0 Å². The Morgan fingerprint density at radius 3 is 1.00 bits per heavy atom. The Labute approximate surface area is 110 Å². The van der Waals surface area contributed by atoms with Crippen molar-refractivity contribution in [1.29, 1.82) is 0 Å². The van der Waals surface area contributed by atoms with Gasteiger partial charge in [-0.3, -0.25) is 0 Å². The standard InChI is InChI=1S/Ag.Bi.Cu.Pb.Zn. The minimum atomic E-state index is 0. The molecule has 0 aromatic heterocycles. The van der Waals surface area contributed by atoms with Crippen molar-refractivity contribution in [3.8, 4) is 0 Å². The van der Waals surface area contributed by atoms with Crippen LogP contribution in [0.25, 0.3) is 0 Å². The van der Waals surface area contributed by atoms with Crippen LogP contribution in [0.3, 0.4) is 0 Å². The summed E-state index contributed by atoms with van der Waals surface area (Å²) in [5.74, 6) is 0. The summed E-state index contributed by atoms with van der Waals surface area (Å²) in [5, 5.41) is 0. The second kappa shape index (κ2) is 25.3. The summed E-state index contributed by atoms with van der Waals surface area (Å²) in [4.78, 5) is 0. The van der Waals surface area contributed by atoms with Crippen molar-refractivity contribution in [2.45, 2.75) is 0 Å². The molecule has 0 fully saturated rings. The van der Waals surface area contributed by atoms with Crippen LogP contribution in [0.1, 0.15) is 0 Å². The molecule has 0 bridgehead atoms. The molecule has 0 unspecified atom stereocenters. The minimum Gasteiger partial charge on any atom is 0 e. The molecule has 0 aromatic carbocycles. The fourth-order valence-corrected chi connectivity index (χ4v) is 0. The molecule has 0 amide bonds. The molecule has 0 saturated carbocycles. The Hall–Kier alpha value is 3.69. The molecular weight excluding hydrogens is 653 g/mol. The van der Waals surface area contributed by atoms with E-state index in [1.807, 2.05) is 0 Å². The molecule has 0 rings (SSSR count). The van der Waals surface area contributed by atoms with Crippen molar-refractivity contribution in [2.24, 2.45) is 0 Å². The molecule has 0 heterocycles. The van der Waals surface area contributed by atoms with E-state index in [4.69, 9.17) is 0 Å². The van der Waals surface area contributed by atoms with Gasteiger partial charge in [-0.15, -0.1) is 0 Å². The summed E-state index contributed by atoms with van der Waals surface area (Å²) >= 11 is 0. The zero-order valence-corrected chi connectivity index (χ0v) is 15.0. The van der Waals surface area contributed by atoms with Gasteiger partial charge in [-0.25, -0.2) is 0 Å². The zero-order chi connectivity index (χ0) is 0. The molecular formula is AgBiCuPbZn. The van der Waals surface area contributed by atoms with Gasteiger partial charge in [-0.05, 0) is 0 Å². The first-order chi connectivity index (χ1) is 0. The van der Waals surface area contributed by atoms with Crippen molar-refractivity contribution >= 4 is 53.5 Å². The van der Waals surface area contributed by atoms with Gasteiger partial charge in [0.2, 0.25) is 0 Å². The second-order valence-corrected chi connectivity index (χ2v) is 0. The molecule has 0 atom stereocenters. The van der Waals surface area contributed by atoms with Gasteiger partial charge in [-0.1, -0.05) is 0 Å². The average Bonchev–Trinajstić information content (AvgIpc) is 0. The predicted molar refractivity (Wildman–Crippen MR) is 11.5 cm³/mol. The van der Waals surface area contributed by atoms with E-state index in [2.05, 4.69) is 0 Å². The summed E-state index contributed by atoms with van der Waals surface area (Å²) in [7, 11) is 0. The molecule has 0 aliphatic carbocycles. The van der Waals surface area contributed by atoms with Crippen molar-refractivity contribution in [2.75, 3.05) is 0 Å². The summed E-state index contributed by atoms with van der Waals surface area (Å²) in [6.45, 7) is 0. The average molecular weight is 653 g/mol. The maximum Gasteiger partial charge on any atom is 0 e. The Morgan fingerprint density at radius 2 is 1.00 bits per heavy atom. The van der Waals surface area contributed by atoms with Gasteiger partial charge < -0.3 is 0 Å². The van der Waals surface area contributed by atoms with Crippen LogP contribution in [0.5, 0.6) is 0 Å². The monoisotopic (exact) mass is 651 g/mol. The maximum atomic E-state index is 0. The Morgan fingerprint density at radius 1 is 1.00 bits per heavy atom. The molecule has 5 heteroatoms. The molecule has 0 nitrogen and oxygen atoms in total. The van der Waals surface area contributed by atoms with Crippen LogP contribution in [-0.2, 0) is 58.9 Å². The van der Waals surface area contributed by atoms with Crippen molar-refractivity contribution < 1.29 is 58.9 Å². The van der Waals surface area contributed by atoms with Crippen molar-refractivity contribution in [3.05, 3.63) is 0 Å². The predicted octanol–water partition coefficient (Wildman–Crippen LogP) is -0.769. The smallest absolute Gasteiger partial charge is 0 e. The van der Waals surface area contributed by atoms with Gasteiger partial charge in [-0.2, -0.15) is 0 Å². The van der Waals surface area contributed by atoms with Crippen LogP contribution in [0.2, 0.25) is 0 Å². The molecule has 5 heavy (non-hydrogen) atoms. The molecule has 0 N–H and O–H groups in total. The van der Waals surface area contributed by atoms with Crippen LogP contribution in [0.4, 0.5) is 0 Å². The number of rotatable bonds is 0. The van der Waals surface area contributed by atoms with Crippen LogP contribution < -0.4 is 0 Å². The maximum absolute atomic E-state index is 0. The summed E-state index contributed by atoms with van der Waals surface area (Å²) in [6, 6.07) is 0. The van der Waals surface area contributed by atoms with E-state index >= 15 is 0 Å². The third kappa shape index (κ3) is 18.3. The first-order valence-electron chi connectivity index (χ1n) is 0. The van der Waals surface area contributed by atoms with Crippen LogP contribution in [0.15, 0.2) is 0 Å². The van der Waals surface area contributed by atoms with E-state index in [1.165, 1.54) is 0 Å². The molecule has 0 saturated heterocycles. The summed E-state index contributed by atoms with van der Waals surface area (Å²) < 4.78 is 0. The molecule has 9 radical (unpaired) electrons. The Kier molecular flexibility index (Phi) is 191. The summed E-state index contributed by atoms with van der Waals surface area (Å²) in [5.41, 5.74) is 0. The van der Waals surface area contributed by atoms with Crippen molar-refractivity contribution in [3.63, 3.8) is 0 Å². The quantitative estimate of drug-likeness (QED) is 0.302. The van der Waals surface area contributed by atoms with E-state index in [9.17, 15) is 0 Å². The number of hydrogen-bond acceptors (Lipinski definition) is 0. The van der Waals surface area contributed by atoms with Gasteiger partial charge in [0.15, 0.2) is 0 Å². The van der Waals surface area contributed by atoms with E-state index in [-0.39, 0.29) is 112 Å². The Balaban J connectivity index is 0. The normalized spacial score (nSPS) is 0. The van der Waals surface area contributed by atoms with Gasteiger partial charge in [0.1, 0.15) is 0 Å². The molecule has 0 aromatic rings. The Bertz CT molecular complexity index is 11.6. The molecule has 0 aliphatic rings. The van der Waals surface area contributed by atoms with Gasteiger partial charge >= 0.3 is 0 Å². The van der Waals surface area contributed by atoms with Gasteiger partial charge in [0.05, 0.1) is 0 Å².